The molecule has 0 atom stereocenters. The average molecular weight is 516 g/mol. The molecule has 0 radical (unpaired) electrons. The zero-order chi connectivity index (χ0) is 27.3. The summed E-state index contributed by atoms with van der Waals surface area (Å²) < 4.78 is 15.9. The Morgan fingerprint density at radius 2 is 1.89 bits per heavy atom. The van der Waals surface area contributed by atoms with E-state index in [1.165, 1.54) is 0 Å². The van der Waals surface area contributed by atoms with Crippen LogP contribution in [0.25, 0.3) is 11.3 Å². The molecule has 10 nitrogen and oxygen atoms in total. The van der Waals surface area contributed by atoms with Crippen LogP contribution in [0.5, 0.6) is 11.5 Å². The molecular formula is C28H29N5O5. The maximum Gasteiger partial charge on any atom is 0.408 e. The Labute approximate surface area is 221 Å². The molecule has 2 heterocycles. The molecule has 10 heteroatoms. The standard InChI is InChI=1S/C28H29N5O5/c1-28(2,3)38-27(35)29-12-6-7-17-8-10-21-20(13-17)25-18(14-24(34)32-21)16-30-26(33-25)31-19-9-11-22(36-4)23(15-19)37-5/h8-11,13,15-16H,12,14H2,1-5H3,(H,29,35)(H,32,34)(H,30,31,33). The average Bonchev–Trinajstić information content (AvgIpc) is 3.00. The number of amides is 2. The quantitative estimate of drug-likeness (QED) is 0.431. The first-order valence-corrected chi connectivity index (χ1v) is 11.9. The normalized spacial score (nSPS) is 12.0. The van der Waals surface area contributed by atoms with Crippen molar-refractivity contribution in [2.24, 2.45) is 0 Å². The first-order valence-electron chi connectivity index (χ1n) is 11.9. The van der Waals surface area contributed by atoms with Crippen molar-refractivity contribution in [1.29, 1.82) is 0 Å². The van der Waals surface area contributed by atoms with Crippen LogP contribution in [0, 0.1) is 11.8 Å². The summed E-state index contributed by atoms with van der Waals surface area (Å²) in [7, 11) is 3.14. The van der Waals surface area contributed by atoms with Gasteiger partial charge in [-0.15, -0.1) is 0 Å². The number of nitrogens with one attached hydrogen (secondary N) is 3. The number of hydrogen-bond acceptors (Lipinski definition) is 8. The fourth-order valence-electron chi connectivity index (χ4n) is 3.74. The predicted molar refractivity (Wildman–Crippen MR) is 144 cm³/mol. The number of nitrogens with zero attached hydrogens (tertiary/aromatic N) is 2. The molecule has 1 aliphatic rings. The first kappa shape index (κ1) is 26.3. The summed E-state index contributed by atoms with van der Waals surface area (Å²) in [6.07, 6.45) is 1.25. The minimum atomic E-state index is -0.582. The van der Waals surface area contributed by atoms with Gasteiger partial charge in [-0.2, -0.15) is 0 Å². The monoisotopic (exact) mass is 515 g/mol. The highest BCUT2D eigenvalue weighted by atomic mass is 16.6. The Hall–Kier alpha value is -4.78. The zero-order valence-corrected chi connectivity index (χ0v) is 21.9. The maximum atomic E-state index is 12.5. The minimum Gasteiger partial charge on any atom is -0.493 e. The van der Waals surface area contributed by atoms with Crippen LogP contribution in [-0.4, -0.2) is 48.3 Å². The van der Waals surface area contributed by atoms with Gasteiger partial charge in [-0.25, -0.2) is 14.8 Å². The van der Waals surface area contributed by atoms with Gasteiger partial charge in [0.25, 0.3) is 0 Å². The molecule has 3 aromatic rings. The van der Waals surface area contributed by atoms with E-state index in [0.717, 1.165) is 5.56 Å². The van der Waals surface area contributed by atoms with Gasteiger partial charge in [-0.1, -0.05) is 11.8 Å². The lowest BCUT2D eigenvalue weighted by molar-refractivity contribution is -0.115. The number of ether oxygens (including phenoxy) is 3. The molecule has 2 amide bonds. The summed E-state index contributed by atoms with van der Waals surface area (Å²) >= 11 is 0. The van der Waals surface area contributed by atoms with E-state index in [1.807, 2.05) is 12.1 Å². The Morgan fingerprint density at radius 3 is 2.63 bits per heavy atom. The van der Waals surface area contributed by atoms with E-state index in [-0.39, 0.29) is 18.9 Å². The second-order valence-corrected chi connectivity index (χ2v) is 9.40. The maximum absolute atomic E-state index is 12.5. The third kappa shape index (κ3) is 6.50. The lowest BCUT2D eigenvalue weighted by Crippen LogP contribution is -2.32. The van der Waals surface area contributed by atoms with Crippen molar-refractivity contribution in [3.05, 3.63) is 53.7 Å². The molecule has 0 fully saturated rings. The Kier molecular flexibility index (Phi) is 7.67. The van der Waals surface area contributed by atoms with E-state index >= 15 is 0 Å². The van der Waals surface area contributed by atoms with Crippen LogP contribution in [0.4, 0.5) is 22.1 Å². The minimum absolute atomic E-state index is 0.126. The number of carbonyl (C=O) groups excluding carboxylic acids is 2. The lowest BCUT2D eigenvalue weighted by Gasteiger charge is -2.19. The van der Waals surface area contributed by atoms with E-state index in [4.69, 9.17) is 19.2 Å². The van der Waals surface area contributed by atoms with Gasteiger partial charge >= 0.3 is 6.09 Å². The van der Waals surface area contributed by atoms with Crippen molar-refractivity contribution in [1.82, 2.24) is 15.3 Å². The highest BCUT2D eigenvalue weighted by molar-refractivity contribution is 6.00. The second kappa shape index (κ2) is 11.1. The summed E-state index contributed by atoms with van der Waals surface area (Å²) in [5, 5.41) is 8.71. The summed E-state index contributed by atoms with van der Waals surface area (Å²) in [6.45, 7) is 5.51. The second-order valence-electron chi connectivity index (χ2n) is 9.40. The highest BCUT2D eigenvalue weighted by Crippen LogP contribution is 2.35. The van der Waals surface area contributed by atoms with Gasteiger partial charge < -0.3 is 30.2 Å². The lowest BCUT2D eigenvalue weighted by atomic mass is 10.0. The third-order valence-electron chi connectivity index (χ3n) is 5.36. The van der Waals surface area contributed by atoms with Crippen molar-refractivity contribution in [3.63, 3.8) is 0 Å². The summed E-state index contributed by atoms with van der Waals surface area (Å²) in [5.74, 6) is 7.33. The van der Waals surface area contributed by atoms with Crippen molar-refractivity contribution >= 4 is 29.3 Å². The number of fused-ring (bicyclic) bond motifs is 3. The topological polar surface area (TPSA) is 124 Å². The Morgan fingerprint density at radius 1 is 1.11 bits per heavy atom. The predicted octanol–water partition coefficient (Wildman–Crippen LogP) is 4.28. The van der Waals surface area contributed by atoms with E-state index in [0.29, 0.717) is 45.6 Å². The zero-order valence-electron chi connectivity index (χ0n) is 21.9. The van der Waals surface area contributed by atoms with Crippen LogP contribution in [0.1, 0.15) is 31.9 Å². The van der Waals surface area contributed by atoms with Crippen LogP contribution in [-0.2, 0) is 16.0 Å². The molecule has 1 aromatic heterocycles. The molecule has 0 saturated heterocycles. The van der Waals surface area contributed by atoms with Gasteiger partial charge in [0.2, 0.25) is 11.9 Å². The van der Waals surface area contributed by atoms with Crippen LogP contribution in [0.2, 0.25) is 0 Å². The Balaban J connectivity index is 1.59. The van der Waals surface area contributed by atoms with E-state index in [9.17, 15) is 9.59 Å². The summed E-state index contributed by atoms with van der Waals surface area (Å²) in [6, 6.07) is 10.8. The van der Waals surface area contributed by atoms with Crippen molar-refractivity contribution in [2.45, 2.75) is 32.8 Å². The molecule has 4 rings (SSSR count). The number of carbonyl (C=O) groups is 2. The molecule has 0 saturated carbocycles. The van der Waals surface area contributed by atoms with E-state index in [1.54, 1.807) is 65.5 Å². The smallest absolute Gasteiger partial charge is 0.408 e. The molecule has 1 aliphatic heterocycles. The molecule has 38 heavy (non-hydrogen) atoms. The summed E-state index contributed by atoms with van der Waals surface area (Å²) in [4.78, 5) is 33.4. The number of anilines is 3. The third-order valence-corrected chi connectivity index (χ3v) is 5.36. The van der Waals surface area contributed by atoms with Crippen LogP contribution >= 0.6 is 0 Å². The van der Waals surface area contributed by atoms with Crippen LogP contribution in [0.3, 0.4) is 0 Å². The molecule has 0 spiro atoms. The van der Waals surface area contributed by atoms with Crippen molar-refractivity contribution in [3.8, 4) is 34.6 Å². The molecule has 196 valence electrons. The summed E-state index contributed by atoms with van der Waals surface area (Å²) in [5.41, 5.74) is 3.48. The van der Waals surface area contributed by atoms with Gasteiger partial charge in [0.1, 0.15) is 5.60 Å². The number of rotatable bonds is 5. The first-order chi connectivity index (χ1) is 18.1. The fourth-order valence-corrected chi connectivity index (χ4v) is 3.74. The number of aromatic nitrogens is 2. The van der Waals surface area contributed by atoms with E-state index in [2.05, 4.69) is 32.8 Å². The van der Waals surface area contributed by atoms with Crippen molar-refractivity contribution < 1.29 is 23.8 Å². The molecular weight excluding hydrogens is 486 g/mol. The van der Waals surface area contributed by atoms with Gasteiger partial charge in [0, 0.05) is 34.6 Å². The van der Waals surface area contributed by atoms with E-state index < -0.39 is 11.7 Å². The van der Waals surface area contributed by atoms with Crippen LogP contribution in [0.15, 0.2) is 42.6 Å². The van der Waals surface area contributed by atoms with Crippen LogP contribution < -0.4 is 25.4 Å². The number of methoxy groups -OCH3 is 2. The molecule has 2 aromatic carbocycles. The Bertz CT molecular complexity index is 1440. The SMILES string of the molecule is COc1ccc(Nc2ncc3c(n2)-c2cc(C#CCNC(=O)OC(C)(C)C)ccc2NC(=O)C3)cc1OC. The van der Waals surface area contributed by atoms with Gasteiger partial charge in [0.15, 0.2) is 11.5 Å². The molecule has 0 bridgehead atoms. The molecule has 0 unspecified atom stereocenters. The highest BCUT2D eigenvalue weighted by Gasteiger charge is 2.21. The number of benzene rings is 2. The largest absolute Gasteiger partial charge is 0.493 e. The van der Waals surface area contributed by atoms with Crippen molar-refractivity contribution in [2.75, 3.05) is 31.4 Å². The number of alkyl carbamates (subject to hydrolysis) is 1. The molecule has 3 N–H and O–H groups in total. The fraction of sp³-hybridized carbons (Fsp3) is 0.286. The van der Waals surface area contributed by atoms with Gasteiger partial charge in [-0.3, -0.25) is 4.79 Å². The molecule has 0 aliphatic carbocycles. The van der Waals surface area contributed by atoms with Gasteiger partial charge in [0.05, 0.1) is 38.6 Å². The van der Waals surface area contributed by atoms with Gasteiger partial charge in [-0.05, 0) is 51.1 Å². The number of hydrogen-bond donors (Lipinski definition) is 3.